The molecule has 3 aromatic carbocycles. The molecule has 0 amide bonds. The molecule has 0 aliphatic heterocycles. The Labute approximate surface area is 198 Å². The van der Waals surface area contributed by atoms with Gasteiger partial charge in [-0.15, -0.1) is 0 Å². The van der Waals surface area contributed by atoms with Crippen LogP contribution in [-0.2, 0) is 9.84 Å². The highest BCUT2D eigenvalue weighted by atomic mass is 32.2. The molecule has 0 N–H and O–H groups in total. The van der Waals surface area contributed by atoms with Gasteiger partial charge in [-0.05, 0) is 55.5 Å². The van der Waals surface area contributed by atoms with Crippen molar-refractivity contribution >= 4 is 20.7 Å². The first-order chi connectivity index (χ1) is 16.4. The standard InChI is InChI=1S/C26H25NO6S/c1-18-4-6-19(7-5-18)32-14-15-34(28,29)21-10-8-20(9-11-21)33-24-12-13-27-23-17-26(31-3)25(30-2)16-22(23)24/h4-13,16-17H,14-15H2,1-3H3. The molecule has 0 fully saturated rings. The zero-order chi connectivity index (χ0) is 24.1. The average Bonchev–Trinajstić information content (AvgIpc) is 2.85. The van der Waals surface area contributed by atoms with E-state index < -0.39 is 9.84 Å². The summed E-state index contributed by atoms with van der Waals surface area (Å²) in [6.07, 6.45) is 1.64. The van der Waals surface area contributed by atoms with E-state index >= 15 is 0 Å². The van der Waals surface area contributed by atoms with Gasteiger partial charge >= 0.3 is 0 Å². The van der Waals surface area contributed by atoms with Crippen LogP contribution in [0.2, 0.25) is 0 Å². The molecule has 0 aliphatic carbocycles. The van der Waals surface area contributed by atoms with Crippen molar-refractivity contribution in [2.45, 2.75) is 11.8 Å². The van der Waals surface area contributed by atoms with E-state index in [-0.39, 0.29) is 17.3 Å². The van der Waals surface area contributed by atoms with Gasteiger partial charge < -0.3 is 18.9 Å². The van der Waals surface area contributed by atoms with Crippen LogP contribution in [0.4, 0.5) is 0 Å². The van der Waals surface area contributed by atoms with Gasteiger partial charge in [0.15, 0.2) is 21.3 Å². The SMILES string of the molecule is COc1cc2nccc(Oc3ccc(S(=O)(=O)CCOc4ccc(C)cc4)cc3)c2cc1OC. The highest BCUT2D eigenvalue weighted by Gasteiger charge is 2.16. The molecular formula is C26H25NO6S. The molecule has 0 saturated carbocycles. The number of pyridine rings is 1. The molecule has 1 heterocycles. The predicted octanol–water partition coefficient (Wildman–Crippen LogP) is 5.21. The van der Waals surface area contributed by atoms with E-state index in [0.717, 1.165) is 10.9 Å². The Morgan fingerprint density at radius 1 is 0.794 bits per heavy atom. The third-order valence-electron chi connectivity index (χ3n) is 5.26. The maximum Gasteiger partial charge on any atom is 0.181 e. The fraction of sp³-hybridized carbons (Fsp3) is 0.192. The van der Waals surface area contributed by atoms with Gasteiger partial charge in [0.2, 0.25) is 0 Å². The lowest BCUT2D eigenvalue weighted by molar-refractivity contribution is 0.341. The van der Waals surface area contributed by atoms with E-state index in [4.69, 9.17) is 18.9 Å². The minimum absolute atomic E-state index is 0.0674. The number of methoxy groups -OCH3 is 2. The Bertz CT molecular complexity index is 1380. The number of aryl methyl sites for hydroxylation is 1. The number of aromatic nitrogens is 1. The molecule has 7 nitrogen and oxygen atoms in total. The van der Waals surface area contributed by atoms with Crippen molar-refractivity contribution in [1.82, 2.24) is 4.98 Å². The summed E-state index contributed by atoms with van der Waals surface area (Å²) in [7, 11) is -0.376. The zero-order valence-electron chi connectivity index (χ0n) is 19.1. The topological polar surface area (TPSA) is 84.0 Å². The van der Waals surface area contributed by atoms with Crippen molar-refractivity contribution in [3.8, 4) is 28.7 Å². The summed E-state index contributed by atoms with van der Waals surface area (Å²) in [4.78, 5) is 4.57. The number of fused-ring (bicyclic) bond motifs is 1. The highest BCUT2D eigenvalue weighted by Crippen LogP contribution is 2.37. The Balaban J connectivity index is 1.47. The van der Waals surface area contributed by atoms with Crippen LogP contribution in [0.15, 0.2) is 77.8 Å². The molecule has 176 valence electrons. The average molecular weight is 480 g/mol. The van der Waals surface area contributed by atoms with Crippen LogP contribution in [0.25, 0.3) is 10.9 Å². The van der Waals surface area contributed by atoms with Gasteiger partial charge in [0.05, 0.1) is 30.4 Å². The minimum atomic E-state index is -3.50. The number of sulfone groups is 1. The summed E-state index contributed by atoms with van der Waals surface area (Å²) >= 11 is 0. The Hall–Kier alpha value is -3.78. The molecule has 0 bridgehead atoms. The first-order valence-electron chi connectivity index (χ1n) is 10.6. The van der Waals surface area contributed by atoms with Crippen LogP contribution in [0.1, 0.15) is 5.56 Å². The third-order valence-corrected chi connectivity index (χ3v) is 6.95. The van der Waals surface area contributed by atoms with Crippen molar-refractivity contribution in [1.29, 1.82) is 0 Å². The van der Waals surface area contributed by atoms with Gasteiger partial charge in [0, 0.05) is 17.6 Å². The van der Waals surface area contributed by atoms with E-state index in [1.165, 1.54) is 12.1 Å². The lowest BCUT2D eigenvalue weighted by Gasteiger charge is -2.12. The Morgan fingerprint density at radius 2 is 1.44 bits per heavy atom. The van der Waals surface area contributed by atoms with E-state index in [1.807, 2.05) is 31.2 Å². The number of nitrogens with zero attached hydrogens (tertiary/aromatic N) is 1. The van der Waals surface area contributed by atoms with Crippen molar-refractivity contribution in [3.05, 3.63) is 78.5 Å². The molecule has 4 aromatic rings. The summed E-state index contributed by atoms with van der Waals surface area (Å²) in [5.74, 6) is 2.70. The van der Waals surface area contributed by atoms with Crippen LogP contribution in [0.3, 0.4) is 0 Å². The molecule has 34 heavy (non-hydrogen) atoms. The Morgan fingerprint density at radius 3 is 2.12 bits per heavy atom. The zero-order valence-corrected chi connectivity index (χ0v) is 20.0. The van der Waals surface area contributed by atoms with Crippen LogP contribution in [-0.4, -0.2) is 40.0 Å². The summed E-state index contributed by atoms with van der Waals surface area (Å²) < 4.78 is 47.7. The number of hydrogen-bond donors (Lipinski definition) is 0. The summed E-state index contributed by atoms with van der Waals surface area (Å²) in [5, 5.41) is 0.741. The van der Waals surface area contributed by atoms with Crippen LogP contribution < -0.4 is 18.9 Å². The number of hydrogen-bond acceptors (Lipinski definition) is 7. The van der Waals surface area contributed by atoms with Gasteiger partial charge in [-0.25, -0.2) is 8.42 Å². The van der Waals surface area contributed by atoms with Crippen LogP contribution in [0, 0.1) is 6.92 Å². The lowest BCUT2D eigenvalue weighted by Crippen LogP contribution is -2.14. The molecule has 0 radical (unpaired) electrons. The smallest absolute Gasteiger partial charge is 0.181 e. The van der Waals surface area contributed by atoms with Crippen molar-refractivity contribution in [3.63, 3.8) is 0 Å². The maximum absolute atomic E-state index is 12.7. The summed E-state index contributed by atoms with van der Waals surface area (Å²) in [6.45, 7) is 2.05. The molecule has 0 saturated heterocycles. The second-order valence-corrected chi connectivity index (χ2v) is 9.70. The number of rotatable bonds is 9. The Kier molecular flexibility index (Phi) is 6.88. The number of benzene rings is 3. The lowest BCUT2D eigenvalue weighted by atomic mass is 10.2. The van der Waals surface area contributed by atoms with E-state index in [9.17, 15) is 8.42 Å². The van der Waals surface area contributed by atoms with E-state index in [1.54, 1.807) is 50.7 Å². The largest absolute Gasteiger partial charge is 0.493 e. The molecule has 0 spiro atoms. The van der Waals surface area contributed by atoms with Gasteiger partial charge in [-0.3, -0.25) is 4.98 Å². The molecule has 0 atom stereocenters. The molecule has 1 aromatic heterocycles. The second-order valence-electron chi connectivity index (χ2n) is 7.59. The maximum atomic E-state index is 12.7. The quantitative estimate of drug-likeness (QED) is 0.326. The first-order valence-corrected chi connectivity index (χ1v) is 12.3. The number of ether oxygens (including phenoxy) is 4. The van der Waals surface area contributed by atoms with Crippen molar-refractivity contribution in [2.24, 2.45) is 0 Å². The van der Waals surface area contributed by atoms with Gasteiger partial charge in [-0.2, -0.15) is 0 Å². The fourth-order valence-electron chi connectivity index (χ4n) is 3.40. The molecule has 0 unspecified atom stereocenters. The monoisotopic (exact) mass is 479 g/mol. The van der Waals surface area contributed by atoms with E-state index in [2.05, 4.69) is 4.98 Å². The third kappa shape index (κ3) is 5.23. The fourth-order valence-corrected chi connectivity index (χ4v) is 4.49. The van der Waals surface area contributed by atoms with Crippen LogP contribution in [0.5, 0.6) is 28.7 Å². The second kappa shape index (κ2) is 10.0. The van der Waals surface area contributed by atoms with Gasteiger partial charge in [-0.1, -0.05) is 17.7 Å². The normalized spacial score (nSPS) is 11.3. The van der Waals surface area contributed by atoms with Crippen molar-refractivity contribution in [2.75, 3.05) is 26.6 Å². The van der Waals surface area contributed by atoms with Crippen LogP contribution >= 0.6 is 0 Å². The van der Waals surface area contributed by atoms with E-state index in [0.29, 0.717) is 34.3 Å². The molecular weight excluding hydrogens is 454 g/mol. The summed E-state index contributed by atoms with van der Waals surface area (Å²) in [5.41, 5.74) is 1.80. The highest BCUT2D eigenvalue weighted by molar-refractivity contribution is 7.91. The predicted molar refractivity (Wildman–Crippen MR) is 130 cm³/mol. The minimum Gasteiger partial charge on any atom is -0.493 e. The van der Waals surface area contributed by atoms with Crippen molar-refractivity contribution < 1.29 is 27.4 Å². The van der Waals surface area contributed by atoms with Gasteiger partial charge in [0.1, 0.15) is 23.9 Å². The molecule has 8 heteroatoms. The first kappa shape index (κ1) is 23.4. The molecule has 0 aliphatic rings. The summed E-state index contributed by atoms with van der Waals surface area (Å²) in [6, 6.07) is 19.1. The molecule has 4 rings (SSSR count). The van der Waals surface area contributed by atoms with Gasteiger partial charge in [0.25, 0.3) is 0 Å².